The highest BCUT2D eigenvalue weighted by Gasteiger charge is 2.21. The van der Waals surface area contributed by atoms with Gasteiger partial charge in [0.1, 0.15) is 0 Å². The summed E-state index contributed by atoms with van der Waals surface area (Å²) in [5.41, 5.74) is 0. The van der Waals surface area contributed by atoms with E-state index in [-0.39, 0.29) is 5.91 Å². The standard InChI is InChI=1S/C18H34N4OS/c1-3-16-14-22(11-12-24-16)18(19-2)21-10-9-20-17(23)13-15-7-5-4-6-8-15/h15-16H,3-14H2,1-2H3,(H,19,21)(H,20,23). The average molecular weight is 355 g/mol. The van der Waals surface area contributed by atoms with Gasteiger partial charge in [0.2, 0.25) is 5.91 Å². The second kappa shape index (κ2) is 10.9. The third kappa shape index (κ3) is 6.54. The maximum Gasteiger partial charge on any atom is 0.220 e. The Morgan fingerprint density at radius 2 is 1.96 bits per heavy atom. The van der Waals surface area contributed by atoms with Crippen LogP contribution in [0.5, 0.6) is 0 Å². The van der Waals surface area contributed by atoms with E-state index in [4.69, 9.17) is 0 Å². The minimum atomic E-state index is 0.208. The van der Waals surface area contributed by atoms with Gasteiger partial charge in [-0.2, -0.15) is 11.8 Å². The van der Waals surface area contributed by atoms with E-state index < -0.39 is 0 Å². The zero-order chi connectivity index (χ0) is 17.2. The van der Waals surface area contributed by atoms with Crippen LogP contribution in [0.25, 0.3) is 0 Å². The fourth-order valence-corrected chi connectivity index (χ4v) is 4.77. The summed E-state index contributed by atoms with van der Waals surface area (Å²) in [7, 11) is 1.84. The molecule has 2 N–H and O–H groups in total. The van der Waals surface area contributed by atoms with Crippen molar-refractivity contribution in [2.75, 3.05) is 39.0 Å². The van der Waals surface area contributed by atoms with Crippen molar-refractivity contribution in [3.05, 3.63) is 0 Å². The van der Waals surface area contributed by atoms with Crippen LogP contribution in [0.2, 0.25) is 0 Å². The number of aliphatic imine (C=N–C) groups is 1. The molecule has 1 aliphatic heterocycles. The molecule has 1 saturated carbocycles. The molecule has 1 saturated heterocycles. The van der Waals surface area contributed by atoms with Gasteiger partial charge in [0.25, 0.3) is 0 Å². The number of nitrogens with one attached hydrogen (secondary N) is 2. The smallest absolute Gasteiger partial charge is 0.220 e. The maximum absolute atomic E-state index is 12.0. The molecule has 0 spiro atoms. The normalized spacial score (nSPS) is 23.2. The van der Waals surface area contributed by atoms with Gasteiger partial charge in [-0.05, 0) is 25.2 Å². The van der Waals surface area contributed by atoms with Crippen LogP contribution in [-0.4, -0.2) is 61.0 Å². The van der Waals surface area contributed by atoms with Gasteiger partial charge >= 0.3 is 0 Å². The predicted octanol–water partition coefficient (Wildman–Crippen LogP) is 2.48. The molecule has 0 aromatic heterocycles. The Morgan fingerprint density at radius 3 is 2.67 bits per heavy atom. The van der Waals surface area contributed by atoms with E-state index in [9.17, 15) is 4.79 Å². The number of nitrogens with zero attached hydrogens (tertiary/aromatic N) is 2. The second-order valence-corrected chi connectivity index (χ2v) is 8.29. The van der Waals surface area contributed by atoms with Crippen molar-refractivity contribution in [1.82, 2.24) is 15.5 Å². The molecule has 5 nitrogen and oxygen atoms in total. The van der Waals surface area contributed by atoms with Gasteiger partial charge in [-0.3, -0.25) is 9.79 Å². The number of carbonyl (C=O) groups excluding carboxylic acids is 1. The summed E-state index contributed by atoms with van der Waals surface area (Å²) >= 11 is 2.06. The third-order valence-electron chi connectivity index (χ3n) is 5.03. The SMILES string of the molecule is CCC1CN(C(=NC)NCCNC(=O)CC2CCCCC2)CCS1. The van der Waals surface area contributed by atoms with E-state index in [0.717, 1.165) is 31.3 Å². The van der Waals surface area contributed by atoms with E-state index in [1.807, 2.05) is 7.05 Å². The number of thioether (sulfide) groups is 1. The van der Waals surface area contributed by atoms with E-state index in [1.165, 1.54) is 38.5 Å². The minimum Gasteiger partial charge on any atom is -0.354 e. The molecule has 1 atom stereocenters. The molecule has 0 bridgehead atoms. The van der Waals surface area contributed by atoms with Gasteiger partial charge in [0.15, 0.2) is 5.96 Å². The highest BCUT2D eigenvalue weighted by molar-refractivity contribution is 8.00. The molecule has 1 aliphatic carbocycles. The lowest BCUT2D eigenvalue weighted by Gasteiger charge is -2.34. The Kier molecular flexibility index (Phi) is 8.78. The average Bonchev–Trinajstić information content (AvgIpc) is 2.62. The summed E-state index contributed by atoms with van der Waals surface area (Å²) in [6.45, 7) is 5.77. The fraction of sp³-hybridized carbons (Fsp3) is 0.889. The fourth-order valence-electron chi connectivity index (χ4n) is 3.59. The summed E-state index contributed by atoms with van der Waals surface area (Å²) in [6.07, 6.45) is 8.29. The highest BCUT2D eigenvalue weighted by Crippen LogP contribution is 2.26. The maximum atomic E-state index is 12.0. The molecule has 1 unspecified atom stereocenters. The van der Waals surface area contributed by atoms with Crippen LogP contribution in [0.4, 0.5) is 0 Å². The number of rotatable bonds is 6. The summed E-state index contributed by atoms with van der Waals surface area (Å²) in [4.78, 5) is 18.8. The van der Waals surface area contributed by atoms with Crippen LogP contribution >= 0.6 is 11.8 Å². The van der Waals surface area contributed by atoms with Crippen LogP contribution in [0, 0.1) is 5.92 Å². The molecular formula is C18H34N4OS. The van der Waals surface area contributed by atoms with Crippen molar-refractivity contribution in [2.45, 2.75) is 57.1 Å². The molecule has 1 amide bonds. The van der Waals surface area contributed by atoms with E-state index in [0.29, 0.717) is 24.1 Å². The largest absolute Gasteiger partial charge is 0.354 e. The Bertz CT molecular complexity index is 410. The zero-order valence-electron chi connectivity index (χ0n) is 15.4. The van der Waals surface area contributed by atoms with Gasteiger partial charge in [-0.25, -0.2) is 0 Å². The van der Waals surface area contributed by atoms with Crippen molar-refractivity contribution in [3.8, 4) is 0 Å². The first-order valence-corrected chi connectivity index (χ1v) is 10.6. The van der Waals surface area contributed by atoms with Crippen molar-refractivity contribution in [2.24, 2.45) is 10.9 Å². The molecule has 138 valence electrons. The van der Waals surface area contributed by atoms with Crippen LogP contribution in [0.3, 0.4) is 0 Å². The minimum absolute atomic E-state index is 0.208. The Hall–Kier alpha value is -0.910. The zero-order valence-corrected chi connectivity index (χ0v) is 16.2. The first kappa shape index (κ1) is 19.4. The number of guanidine groups is 1. The Balaban J connectivity index is 1.62. The quantitative estimate of drug-likeness (QED) is 0.437. The lowest BCUT2D eigenvalue weighted by molar-refractivity contribution is -0.122. The van der Waals surface area contributed by atoms with Gasteiger partial charge in [-0.15, -0.1) is 0 Å². The van der Waals surface area contributed by atoms with E-state index >= 15 is 0 Å². The molecule has 0 radical (unpaired) electrons. The van der Waals surface area contributed by atoms with Gasteiger partial charge < -0.3 is 15.5 Å². The molecule has 2 aliphatic rings. The monoisotopic (exact) mass is 354 g/mol. The molecule has 2 fully saturated rings. The predicted molar refractivity (Wildman–Crippen MR) is 104 cm³/mol. The molecule has 1 heterocycles. The first-order chi connectivity index (χ1) is 11.7. The van der Waals surface area contributed by atoms with Gasteiger partial charge in [0, 0.05) is 50.7 Å². The lowest BCUT2D eigenvalue weighted by atomic mass is 9.87. The van der Waals surface area contributed by atoms with Crippen LogP contribution < -0.4 is 10.6 Å². The third-order valence-corrected chi connectivity index (χ3v) is 6.41. The summed E-state index contributed by atoms with van der Waals surface area (Å²) < 4.78 is 0. The second-order valence-electron chi connectivity index (χ2n) is 6.88. The molecule has 0 aromatic rings. The van der Waals surface area contributed by atoms with Crippen LogP contribution in [0.1, 0.15) is 51.9 Å². The Labute approximate surface area is 151 Å². The Morgan fingerprint density at radius 1 is 1.21 bits per heavy atom. The van der Waals surface area contributed by atoms with Crippen molar-refractivity contribution in [1.29, 1.82) is 0 Å². The molecule has 6 heteroatoms. The number of hydrogen-bond donors (Lipinski definition) is 2. The van der Waals surface area contributed by atoms with Crippen molar-refractivity contribution < 1.29 is 4.79 Å². The molecule has 2 rings (SSSR count). The first-order valence-electron chi connectivity index (χ1n) is 9.56. The number of carbonyl (C=O) groups is 1. The van der Waals surface area contributed by atoms with Crippen LogP contribution in [-0.2, 0) is 4.79 Å². The highest BCUT2D eigenvalue weighted by atomic mass is 32.2. The molecule has 0 aromatic carbocycles. The van der Waals surface area contributed by atoms with Crippen LogP contribution in [0.15, 0.2) is 4.99 Å². The van der Waals surface area contributed by atoms with Crippen molar-refractivity contribution >= 4 is 23.6 Å². The van der Waals surface area contributed by atoms with Gasteiger partial charge in [-0.1, -0.05) is 26.2 Å². The molecule has 24 heavy (non-hydrogen) atoms. The summed E-state index contributed by atoms with van der Waals surface area (Å²) in [5.74, 6) is 2.95. The van der Waals surface area contributed by atoms with Crippen molar-refractivity contribution in [3.63, 3.8) is 0 Å². The van der Waals surface area contributed by atoms with E-state index in [1.54, 1.807) is 0 Å². The van der Waals surface area contributed by atoms with Gasteiger partial charge in [0.05, 0.1) is 0 Å². The topological polar surface area (TPSA) is 56.7 Å². The number of amides is 1. The summed E-state index contributed by atoms with van der Waals surface area (Å²) in [6, 6.07) is 0. The number of hydrogen-bond acceptors (Lipinski definition) is 3. The van der Waals surface area contributed by atoms with E-state index in [2.05, 4.69) is 39.2 Å². The summed E-state index contributed by atoms with van der Waals surface area (Å²) in [5, 5.41) is 7.15. The molecular weight excluding hydrogens is 320 g/mol. The lowest BCUT2D eigenvalue weighted by Crippen LogP contribution is -2.49.